The van der Waals surface area contributed by atoms with E-state index in [0.717, 1.165) is 23.1 Å². The summed E-state index contributed by atoms with van der Waals surface area (Å²) in [6, 6.07) is 2.96. The Bertz CT molecular complexity index is 564. The van der Waals surface area contributed by atoms with Crippen LogP contribution in [0.15, 0.2) is 18.2 Å². The molecule has 1 heterocycles. The van der Waals surface area contributed by atoms with E-state index in [4.69, 9.17) is 5.11 Å². The molecule has 1 fully saturated rings. The van der Waals surface area contributed by atoms with Gasteiger partial charge in [-0.1, -0.05) is 13.8 Å². The van der Waals surface area contributed by atoms with E-state index in [9.17, 15) is 18.8 Å². The number of imide groups is 1. The third-order valence-electron chi connectivity index (χ3n) is 3.40. The second-order valence-corrected chi connectivity index (χ2v) is 4.56. The van der Waals surface area contributed by atoms with Gasteiger partial charge in [0, 0.05) is 11.8 Å². The number of hydrogen-bond acceptors (Lipinski definition) is 3. The van der Waals surface area contributed by atoms with Crippen LogP contribution in [0.1, 0.15) is 24.2 Å². The summed E-state index contributed by atoms with van der Waals surface area (Å²) in [4.78, 5) is 35.9. The number of carboxylic acids is 1. The molecule has 0 aromatic heterocycles. The highest BCUT2D eigenvalue weighted by molar-refractivity contribution is 6.23. The third-order valence-corrected chi connectivity index (χ3v) is 3.40. The average Bonchev–Trinajstić information content (AvgIpc) is 2.54. The number of benzene rings is 1. The molecule has 2 atom stereocenters. The number of nitrogens with zero attached hydrogens (tertiary/aromatic N) is 1. The van der Waals surface area contributed by atoms with Crippen LogP contribution >= 0.6 is 0 Å². The topological polar surface area (TPSA) is 74.7 Å². The van der Waals surface area contributed by atoms with Gasteiger partial charge >= 0.3 is 5.97 Å². The summed E-state index contributed by atoms with van der Waals surface area (Å²) in [7, 11) is 0. The number of rotatable bonds is 2. The molecule has 0 bridgehead atoms. The van der Waals surface area contributed by atoms with E-state index in [1.165, 1.54) is 0 Å². The molecule has 2 unspecified atom stereocenters. The van der Waals surface area contributed by atoms with Crippen molar-refractivity contribution in [3.8, 4) is 0 Å². The molecule has 5 nitrogen and oxygen atoms in total. The van der Waals surface area contributed by atoms with Gasteiger partial charge < -0.3 is 5.11 Å². The Morgan fingerprint density at radius 3 is 2.21 bits per heavy atom. The summed E-state index contributed by atoms with van der Waals surface area (Å²) >= 11 is 0. The summed E-state index contributed by atoms with van der Waals surface area (Å²) < 4.78 is 13.1. The van der Waals surface area contributed by atoms with Gasteiger partial charge in [0.15, 0.2) is 0 Å². The van der Waals surface area contributed by atoms with Gasteiger partial charge in [0.05, 0.1) is 11.3 Å². The fourth-order valence-electron chi connectivity index (χ4n) is 2.06. The minimum atomic E-state index is -1.39. The largest absolute Gasteiger partial charge is 0.478 e. The van der Waals surface area contributed by atoms with Crippen LogP contribution < -0.4 is 4.90 Å². The predicted octanol–water partition coefficient (Wildman–Crippen LogP) is 1.67. The number of hydrogen-bond donors (Lipinski definition) is 1. The van der Waals surface area contributed by atoms with Gasteiger partial charge in [-0.2, -0.15) is 0 Å². The zero-order valence-electron chi connectivity index (χ0n) is 10.4. The van der Waals surface area contributed by atoms with E-state index < -0.39 is 41.0 Å². The molecule has 1 saturated heterocycles. The van der Waals surface area contributed by atoms with Gasteiger partial charge in [0.2, 0.25) is 11.8 Å². The molecule has 1 aromatic carbocycles. The fourth-order valence-corrected chi connectivity index (χ4v) is 2.06. The summed E-state index contributed by atoms with van der Waals surface area (Å²) in [6.07, 6.45) is 0. The molecule has 100 valence electrons. The van der Waals surface area contributed by atoms with Crippen molar-refractivity contribution in [2.45, 2.75) is 13.8 Å². The molecule has 1 N–H and O–H groups in total. The van der Waals surface area contributed by atoms with Crippen LogP contribution in [-0.2, 0) is 9.59 Å². The highest BCUT2D eigenvalue weighted by atomic mass is 19.1. The predicted molar refractivity (Wildman–Crippen MR) is 64.2 cm³/mol. The van der Waals surface area contributed by atoms with E-state index in [2.05, 4.69) is 0 Å². The van der Waals surface area contributed by atoms with Gasteiger partial charge in [-0.25, -0.2) is 14.1 Å². The fraction of sp³-hybridized carbons (Fsp3) is 0.308. The van der Waals surface area contributed by atoms with Gasteiger partial charge in [-0.05, 0) is 18.2 Å². The number of amides is 2. The van der Waals surface area contributed by atoms with Crippen LogP contribution in [0.3, 0.4) is 0 Å². The van der Waals surface area contributed by atoms with Crippen LogP contribution in [0.25, 0.3) is 0 Å². The number of aromatic carboxylic acids is 1. The molecule has 1 aromatic rings. The second kappa shape index (κ2) is 4.46. The van der Waals surface area contributed by atoms with Crippen LogP contribution in [0, 0.1) is 17.7 Å². The summed E-state index contributed by atoms with van der Waals surface area (Å²) in [5, 5.41) is 9.04. The first-order valence-electron chi connectivity index (χ1n) is 5.75. The average molecular weight is 265 g/mol. The van der Waals surface area contributed by atoms with E-state index >= 15 is 0 Å². The van der Waals surface area contributed by atoms with Gasteiger partial charge in [-0.3, -0.25) is 9.59 Å². The lowest BCUT2D eigenvalue weighted by molar-refractivity contribution is -0.122. The first kappa shape index (κ1) is 13.2. The van der Waals surface area contributed by atoms with Crippen molar-refractivity contribution in [1.82, 2.24) is 0 Å². The zero-order chi connectivity index (χ0) is 14.3. The minimum Gasteiger partial charge on any atom is -0.478 e. The summed E-state index contributed by atoms with van der Waals surface area (Å²) in [6.45, 7) is 3.21. The lowest BCUT2D eigenvalue weighted by atomic mass is 10.00. The molecule has 0 saturated carbocycles. The van der Waals surface area contributed by atoms with E-state index in [1.807, 2.05) is 0 Å². The van der Waals surface area contributed by atoms with Crippen molar-refractivity contribution in [2.24, 2.45) is 11.8 Å². The Labute approximate surface area is 108 Å². The minimum absolute atomic E-state index is 0.0832. The van der Waals surface area contributed by atoms with Crippen LogP contribution in [0.2, 0.25) is 0 Å². The monoisotopic (exact) mass is 265 g/mol. The van der Waals surface area contributed by atoms with E-state index in [-0.39, 0.29) is 5.69 Å². The molecule has 2 amide bonds. The zero-order valence-corrected chi connectivity index (χ0v) is 10.4. The molecule has 0 radical (unpaired) electrons. The molecule has 1 aliphatic rings. The first-order chi connectivity index (χ1) is 8.84. The molecular formula is C13H12FNO4. The molecular weight excluding hydrogens is 253 g/mol. The Morgan fingerprint density at radius 1 is 1.21 bits per heavy atom. The highest BCUT2D eigenvalue weighted by Crippen LogP contribution is 2.32. The van der Waals surface area contributed by atoms with Gasteiger partial charge in [0.25, 0.3) is 0 Å². The number of carbonyl (C=O) groups is 3. The highest BCUT2D eigenvalue weighted by Gasteiger charge is 2.44. The molecule has 0 spiro atoms. The van der Waals surface area contributed by atoms with Crippen molar-refractivity contribution in [3.63, 3.8) is 0 Å². The van der Waals surface area contributed by atoms with Crippen molar-refractivity contribution < 1.29 is 23.9 Å². The summed E-state index contributed by atoms with van der Waals surface area (Å²) in [5.74, 6) is -4.08. The maximum Gasteiger partial charge on any atom is 0.337 e. The Hall–Kier alpha value is -2.24. The Kier molecular flexibility index (Phi) is 3.09. The quantitative estimate of drug-likeness (QED) is 0.825. The van der Waals surface area contributed by atoms with Gasteiger partial charge in [0.1, 0.15) is 5.82 Å². The van der Waals surface area contributed by atoms with E-state index in [1.54, 1.807) is 13.8 Å². The smallest absolute Gasteiger partial charge is 0.337 e. The van der Waals surface area contributed by atoms with Crippen LogP contribution in [0.4, 0.5) is 10.1 Å². The maximum absolute atomic E-state index is 13.1. The van der Waals surface area contributed by atoms with Gasteiger partial charge in [-0.15, -0.1) is 0 Å². The summed E-state index contributed by atoms with van der Waals surface area (Å²) in [5.41, 5.74) is -0.483. The van der Waals surface area contributed by atoms with Crippen LogP contribution in [-0.4, -0.2) is 22.9 Å². The SMILES string of the molecule is CC1C(=O)N(c2ccc(F)cc2C(=O)O)C(=O)C1C. The van der Waals surface area contributed by atoms with Crippen LogP contribution in [0.5, 0.6) is 0 Å². The number of anilines is 1. The van der Waals surface area contributed by atoms with E-state index in [0.29, 0.717) is 0 Å². The number of halogens is 1. The third kappa shape index (κ3) is 1.99. The Balaban J connectivity index is 2.57. The molecule has 0 aliphatic carbocycles. The number of carbonyl (C=O) groups excluding carboxylic acids is 2. The second-order valence-electron chi connectivity index (χ2n) is 4.56. The van der Waals surface area contributed by atoms with Crippen molar-refractivity contribution >= 4 is 23.5 Å². The van der Waals surface area contributed by atoms with Crippen molar-refractivity contribution in [3.05, 3.63) is 29.6 Å². The number of carboxylic acid groups (broad SMARTS) is 1. The first-order valence-corrected chi connectivity index (χ1v) is 5.75. The maximum atomic E-state index is 13.1. The molecule has 19 heavy (non-hydrogen) atoms. The molecule has 2 rings (SSSR count). The molecule has 1 aliphatic heterocycles. The Morgan fingerprint density at radius 2 is 1.74 bits per heavy atom. The molecule has 6 heteroatoms. The standard InChI is InChI=1S/C13H12FNO4/c1-6-7(2)12(17)15(11(6)16)10-4-3-8(14)5-9(10)13(18)19/h3-7H,1-2H3,(H,18,19). The van der Waals surface area contributed by atoms with Crippen molar-refractivity contribution in [1.29, 1.82) is 0 Å². The van der Waals surface area contributed by atoms with Crippen molar-refractivity contribution in [2.75, 3.05) is 4.90 Å². The lowest BCUT2D eigenvalue weighted by Crippen LogP contribution is -2.32. The normalized spacial score (nSPS) is 23.0. The lowest BCUT2D eigenvalue weighted by Gasteiger charge is -2.17.